The normalized spacial score (nSPS) is 15.2. The highest BCUT2D eigenvalue weighted by Gasteiger charge is 2.51. The molecule has 0 bridgehead atoms. The van der Waals surface area contributed by atoms with Gasteiger partial charge in [-0.15, -0.1) is 0 Å². The van der Waals surface area contributed by atoms with Gasteiger partial charge in [-0.3, -0.25) is 4.57 Å². The average molecular weight is 666 g/mol. The zero-order valence-electron chi connectivity index (χ0n) is 28.1. The van der Waals surface area contributed by atoms with E-state index in [1.54, 1.807) is 0 Å². The molecule has 11 rings (SSSR count). The fourth-order valence-electron chi connectivity index (χ4n) is 8.79. The number of benzene rings is 8. The molecule has 1 aliphatic heterocycles. The van der Waals surface area contributed by atoms with Crippen molar-refractivity contribution >= 4 is 27.5 Å². The molecular formula is C48H31N3O. The van der Waals surface area contributed by atoms with Gasteiger partial charge in [0, 0.05) is 28.1 Å². The van der Waals surface area contributed by atoms with Crippen LogP contribution in [0.2, 0.25) is 0 Å². The molecule has 2 N–H and O–H groups in total. The topological polar surface area (TPSA) is 53.1 Å². The fourth-order valence-corrected chi connectivity index (χ4v) is 8.79. The first-order valence-corrected chi connectivity index (χ1v) is 17.7. The second-order valence-corrected chi connectivity index (χ2v) is 13.7. The van der Waals surface area contributed by atoms with Crippen molar-refractivity contribution in [3.63, 3.8) is 0 Å². The molecule has 4 nitrogen and oxygen atoms in total. The van der Waals surface area contributed by atoms with Crippen LogP contribution in [0.3, 0.4) is 0 Å². The average Bonchev–Trinajstić information content (AvgIpc) is 3.72. The van der Waals surface area contributed by atoms with E-state index in [0.717, 1.165) is 61.9 Å². The second-order valence-electron chi connectivity index (χ2n) is 13.7. The van der Waals surface area contributed by atoms with Crippen molar-refractivity contribution < 1.29 is 4.74 Å². The molecule has 244 valence electrons. The first kappa shape index (κ1) is 28.9. The molecule has 0 saturated heterocycles. The number of hydrogen-bond donors (Lipinski definition) is 1. The number of para-hydroxylation sites is 3. The highest BCUT2D eigenvalue weighted by atomic mass is 16.5. The molecule has 1 aromatic heterocycles. The van der Waals surface area contributed by atoms with E-state index in [1.807, 2.05) is 18.2 Å². The first-order valence-electron chi connectivity index (χ1n) is 17.7. The van der Waals surface area contributed by atoms with Gasteiger partial charge >= 0.3 is 0 Å². The first-order chi connectivity index (χ1) is 25.7. The summed E-state index contributed by atoms with van der Waals surface area (Å²) in [6.45, 7) is 0. The van der Waals surface area contributed by atoms with Crippen LogP contribution in [0.25, 0.3) is 61.1 Å². The minimum Gasteiger partial charge on any atom is -0.457 e. The maximum Gasteiger partial charge on any atom is 0.146 e. The zero-order chi connectivity index (χ0) is 34.4. The Morgan fingerprint density at radius 3 is 2.12 bits per heavy atom. The number of fused-ring (bicyclic) bond motifs is 11. The van der Waals surface area contributed by atoms with Crippen molar-refractivity contribution in [2.75, 3.05) is 5.73 Å². The van der Waals surface area contributed by atoms with Crippen LogP contribution in [-0.4, -0.2) is 9.55 Å². The van der Waals surface area contributed by atoms with E-state index in [4.69, 9.17) is 15.5 Å². The third kappa shape index (κ3) is 3.95. The summed E-state index contributed by atoms with van der Waals surface area (Å²) >= 11 is 0. The van der Waals surface area contributed by atoms with Crippen LogP contribution in [0.4, 0.5) is 5.69 Å². The Kier molecular flexibility index (Phi) is 5.99. The SMILES string of the molecule is Nc1ccc2c(c1)C1(c3ccccc3O2)c2ccccc2-c2ccc(-c3ccc(-n4c(-c5cccc6ccccc56)nc5ccccc54)cc3)cc21. The van der Waals surface area contributed by atoms with Crippen LogP contribution >= 0.6 is 0 Å². The second kappa shape index (κ2) is 10.8. The minimum absolute atomic E-state index is 0.579. The van der Waals surface area contributed by atoms with E-state index < -0.39 is 5.41 Å². The summed E-state index contributed by atoms with van der Waals surface area (Å²) in [5.74, 6) is 2.63. The van der Waals surface area contributed by atoms with E-state index in [1.165, 1.54) is 33.0 Å². The fraction of sp³-hybridized carbons (Fsp3) is 0.0208. The van der Waals surface area contributed by atoms with Crippen molar-refractivity contribution in [3.8, 4) is 50.8 Å². The van der Waals surface area contributed by atoms with Crippen LogP contribution in [-0.2, 0) is 5.41 Å². The number of nitrogen functional groups attached to an aromatic ring is 1. The molecule has 2 heterocycles. The number of imidazole rings is 1. The van der Waals surface area contributed by atoms with Crippen molar-refractivity contribution in [2.45, 2.75) is 5.41 Å². The van der Waals surface area contributed by atoms with E-state index in [0.29, 0.717) is 5.69 Å². The third-order valence-corrected chi connectivity index (χ3v) is 11.0. The number of nitrogens with zero attached hydrogens (tertiary/aromatic N) is 2. The minimum atomic E-state index is -0.579. The lowest BCUT2D eigenvalue weighted by molar-refractivity contribution is 0.436. The van der Waals surface area contributed by atoms with Gasteiger partial charge in [-0.05, 0) is 98.8 Å². The van der Waals surface area contributed by atoms with Gasteiger partial charge in [0.25, 0.3) is 0 Å². The third-order valence-electron chi connectivity index (χ3n) is 11.0. The summed E-state index contributed by atoms with van der Waals surface area (Å²) in [7, 11) is 0. The Morgan fingerprint density at radius 2 is 1.19 bits per heavy atom. The van der Waals surface area contributed by atoms with Gasteiger partial charge in [0.2, 0.25) is 0 Å². The summed E-state index contributed by atoms with van der Waals surface area (Å²) in [6, 6.07) is 62.4. The van der Waals surface area contributed by atoms with Gasteiger partial charge in [-0.25, -0.2) is 4.98 Å². The van der Waals surface area contributed by atoms with Crippen LogP contribution in [0.15, 0.2) is 176 Å². The van der Waals surface area contributed by atoms with Crippen LogP contribution in [0.5, 0.6) is 11.5 Å². The monoisotopic (exact) mass is 665 g/mol. The van der Waals surface area contributed by atoms with Crippen LogP contribution in [0.1, 0.15) is 22.3 Å². The molecule has 1 atom stereocenters. The van der Waals surface area contributed by atoms with E-state index >= 15 is 0 Å². The largest absolute Gasteiger partial charge is 0.457 e. The standard InChI is InChI=1S/C48H31N3O/c49-33-23-27-46-42(29-33)48(40-16-5-8-19-45(40)52-46)39-15-4-3-13-36(39)37-26-22-32(28-41(37)48)30-20-24-34(25-21-30)51-44-18-7-6-17-43(44)50-47(51)38-14-9-11-31-10-1-2-12-35(31)38/h1-29H,49H2. The van der Waals surface area contributed by atoms with Crippen molar-refractivity contribution in [1.82, 2.24) is 9.55 Å². The maximum absolute atomic E-state index is 6.55. The molecule has 1 aliphatic carbocycles. The zero-order valence-corrected chi connectivity index (χ0v) is 28.1. The predicted octanol–water partition coefficient (Wildman–Crippen LogP) is 11.6. The van der Waals surface area contributed by atoms with Crippen LogP contribution in [0, 0.1) is 0 Å². The molecule has 8 aromatic carbocycles. The van der Waals surface area contributed by atoms with Crippen molar-refractivity contribution in [2.24, 2.45) is 0 Å². The summed E-state index contributed by atoms with van der Waals surface area (Å²) in [6.07, 6.45) is 0. The van der Waals surface area contributed by atoms with E-state index in [-0.39, 0.29) is 0 Å². The molecule has 0 amide bonds. The molecule has 9 aromatic rings. The quantitative estimate of drug-likeness (QED) is 0.191. The van der Waals surface area contributed by atoms with E-state index in [9.17, 15) is 0 Å². The van der Waals surface area contributed by atoms with Gasteiger partial charge in [-0.1, -0.05) is 121 Å². The molecule has 0 fully saturated rings. The summed E-state index contributed by atoms with van der Waals surface area (Å²) < 4.78 is 8.83. The summed E-state index contributed by atoms with van der Waals surface area (Å²) in [4.78, 5) is 5.18. The molecule has 1 unspecified atom stereocenters. The van der Waals surface area contributed by atoms with Crippen molar-refractivity contribution in [1.29, 1.82) is 0 Å². The predicted molar refractivity (Wildman–Crippen MR) is 211 cm³/mol. The van der Waals surface area contributed by atoms with Crippen molar-refractivity contribution in [3.05, 3.63) is 198 Å². The molecule has 0 saturated carbocycles. The Labute approximate surface area is 301 Å². The number of aromatic nitrogens is 2. The van der Waals surface area contributed by atoms with Crippen LogP contribution < -0.4 is 10.5 Å². The molecule has 1 spiro atoms. The number of rotatable bonds is 3. The lowest BCUT2D eigenvalue weighted by Crippen LogP contribution is -2.32. The van der Waals surface area contributed by atoms with E-state index in [2.05, 4.69) is 162 Å². The molecule has 2 aliphatic rings. The van der Waals surface area contributed by atoms with Gasteiger partial charge < -0.3 is 10.5 Å². The number of nitrogens with two attached hydrogens (primary N) is 1. The Balaban J connectivity index is 1.09. The molecule has 52 heavy (non-hydrogen) atoms. The van der Waals surface area contributed by atoms with Gasteiger partial charge in [0.1, 0.15) is 17.3 Å². The Hall–Kier alpha value is -6.91. The highest BCUT2D eigenvalue weighted by molar-refractivity contribution is 5.98. The lowest BCUT2D eigenvalue weighted by atomic mass is 9.66. The number of hydrogen-bond acceptors (Lipinski definition) is 3. The Bertz CT molecular complexity index is 2900. The molecule has 0 radical (unpaired) electrons. The van der Waals surface area contributed by atoms with Gasteiger partial charge in [0.05, 0.1) is 16.4 Å². The molecular weight excluding hydrogens is 635 g/mol. The molecule has 4 heteroatoms. The maximum atomic E-state index is 6.55. The highest BCUT2D eigenvalue weighted by Crippen LogP contribution is 2.62. The smallest absolute Gasteiger partial charge is 0.146 e. The lowest BCUT2D eigenvalue weighted by Gasteiger charge is -2.39. The number of anilines is 1. The Morgan fingerprint density at radius 1 is 0.500 bits per heavy atom. The summed E-state index contributed by atoms with van der Waals surface area (Å²) in [5.41, 5.74) is 20.3. The van der Waals surface area contributed by atoms with Gasteiger partial charge in [-0.2, -0.15) is 0 Å². The summed E-state index contributed by atoms with van der Waals surface area (Å²) in [5, 5.41) is 2.38. The number of ether oxygens (including phenoxy) is 1. The van der Waals surface area contributed by atoms with Gasteiger partial charge in [0.15, 0.2) is 0 Å².